The molecule has 1 heterocycles. The number of aromatic nitrogens is 1. The summed E-state index contributed by atoms with van der Waals surface area (Å²) in [6, 6.07) is 10.1. The number of hydrogen-bond acceptors (Lipinski definition) is 4. The van der Waals surface area contributed by atoms with Gasteiger partial charge in [0.25, 0.3) is 0 Å². The maximum atomic E-state index is 12.7. The van der Waals surface area contributed by atoms with Crippen LogP contribution in [0.3, 0.4) is 0 Å². The van der Waals surface area contributed by atoms with E-state index < -0.39 is 17.5 Å². The minimum absolute atomic E-state index is 0.394. The molecule has 2 rings (SSSR count). The highest BCUT2D eigenvalue weighted by atomic mass is 32.2. The second-order valence-electron chi connectivity index (χ2n) is 4.75. The van der Waals surface area contributed by atoms with Gasteiger partial charge in [-0.25, -0.2) is 0 Å². The van der Waals surface area contributed by atoms with Gasteiger partial charge in [0.05, 0.1) is 0 Å². The van der Waals surface area contributed by atoms with Crippen molar-refractivity contribution in [1.82, 2.24) is 4.57 Å². The van der Waals surface area contributed by atoms with Crippen molar-refractivity contribution in [3.05, 3.63) is 48.1 Å². The first kappa shape index (κ1) is 17.1. The molecule has 0 aliphatic rings. The number of pyridine rings is 1. The molecule has 0 unspecified atom stereocenters. The van der Waals surface area contributed by atoms with E-state index in [0.29, 0.717) is 15.7 Å². The fourth-order valence-electron chi connectivity index (χ4n) is 1.96. The topological polar surface area (TPSA) is 55.9 Å². The summed E-state index contributed by atoms with van der Waals surface area (Å²) < 4.78 is 40.6. The van der Waals surface area contributed by atoms with Crippen molar-refractivity contribution in [2.75, 3.05) is 17.6 Å². The smallest absolute Gasteiger partial charge is 0.320 e. The van der Waals surface area contributed by atoms with Gasteiger partial charge in [-0.15, -0.1) is 0 Å². The van der Waals surface area contributed by atoms with E-state index in [9.17, 15) is 13.2 Å². The predicted octanol–water partition coefficient (Wildman–Crippen LogP) is 3.74. The van der Waals surface area contributed by atoms with Crippen LogP contribution in [-0.2, 0) is 0 Å². The van der Waals surface area contributed by atoms with Gasteiger partial charge < -0.3 is 4.31 Å². The van der Waals surface area contributed by atoms with E-state index in [0.717, 1.165) is 11.9 Å². The first-order chi connectivity index (χ1) is 10.7. The van der Waals surface area contributed by atoms with Gasteiger partial charge in [0.15, 0.2) is 0 Å². The van der Waals surface area contributed by atoms with Crippen molar-refractivity contribution in [3.63, 3.8) is 0 Å². The van der Waals surface area contributed by atoms with E-state index in [1.807, 2.05) is 29.7 Å². The summed E-state index contributed by atoms with van der Waals surface area (Å²) in [7, 11) is 1.91. The number of alkyl halides is 3. The third kappa shape index (κ3) is 3.76. The molecule has 0 atom stereocenters. The van der Waals surface area contributed by atoms with Crippen molar-refractivity contribution in [1.29, 1.82) is 10.8 Å². The summed E-state index contributed by atoms with van der Waals surface area (Å²) >= 11 is 1.54. The number of nitrogens with one attached hydrogen (secondary N) is 2. The molecule has 0 bridgehead atoms. The average Bonchev–Trinajstić information content (AvgIpc) is 2.53. The van der Waals surface area contributed by atoms with Gasteiger partial charge in [-0.1, -0.05) is 24.1 Å². The molecule has 8 heteroatoms. The molecule has 0 aliphatic carbocycles. The molecular weight excluding hydrogens is 325 g/mol. The standard InChI is InChI=1S/C15H15F3N4S/c1-21(23-2)12-6-3-10(4-7-12)11-5-8-13(19)22(9-11)14(20)15(16,17)18/h3-9,19-20H,1-2H3. The van der Waals surface area contributed by atoms with Crippen LogP contribution in [0.15, 0.2) is 42.6 Å². The Hall–Kier alpha value is -2.22. The molecule has 0 spiro atoms. The lowest BCUT2D eigenvalue weighted by Crippen LogP contribution is -2.36. The van der Waals surface area contributed by atoms with Crippen LogP contribution in [0.5, 0.6) is 0 Å². The lowest BCUT2D eigenvalue weighted by Gasteiger charge is -2.16. The van der Waals surface area contributed by atoms with Gasteiger partial charge in [-0.05, 0) is 35.4 Å². The van der Waals surface area contributed by atoms with Crippen molar-refractivity contribution in [2.45, 2.75) is 6.18 Å². The van der Waals surface area contributed by atoms with Crippen LogP contribution in [0.4, 0.5) is 18.9 Å². The summed E-state index contributed by atoms with van der Waals surface area (Å²) in [5.41, 5.74) is 1.80. The van der Waals surface area contributed by atoms with Gasteiger partial charge in [-0.2, -0.15) is 13.2 Å². The number of halogens is 3. The highest BCUT2D eigenvalue weighted by molar-refractivity contribution is 7.99. The summed E-state index contributed by atoms with van der Waals surface area (Å²) in [6.45, 7) is 0. The number of rotatable bonds is 3. The molecule has 2 N–H and O–H groups in total. The summed E-state index contributed by atoms with van der Waals surface area (Å²) in [5.74, 6) is -1.58. The first-order valence-corrected chi connectivity index (χ1v) is 7.74. The molecule has 2 aromatic rings. The summed E-state index contributed by atoms with van der Waals surface area (Å²) in [6.07, 6.45) is -1.71. The molecule has 0 amide bonds. The van der Waals surface area contributed by atoms with Gasteiger partial charge in [0.2, 0.25) is 5.84 Å². The number of benzene rings is 1. The maximum Gasteiger partial charge on any atom is 0.449 e. The van der Waals surface area contributed by atoms with Crippen molar-refractivity contribution < 1.29 is 13.2 Å². The minimum atomic E-state index is -4.80. The zero-order valence-corrected chi connectivity index (χ0v) is 13.3. The number of anilines is 1. The van der Waals surface area contributed by atoms with E-state index in [-0.39, 0.29) is 0 Å². The van der Waals surface area contributed by atoms with Crippen LogP contribution in [0.1, 0.15) is 0 Å². The summed E-state index contributed by atoms with van der Waals surface area (Å²) in [4.78, 5) is 0. The van der Waals surface area contributed by atoms with Crippen LogP contribution < -0.4 is 9.79 Å². The number of hydrogen-bond donors (Lipinski definition) is 2. The monoisotopic (exact) mass is 340 g/mol. The molecule has 0 radical (unpaired) electrons. The van der Waals surface area contributed by atoms with Crippen LogP contribution in [0.25, 0.3) is 11.1 Å². The van der Waals surface area contributed by atoms with Crippen molar-refractivity contribution in [3.8, 4) is 11.1 Å². The maximum absolute atomic E-state index is 12.7. The molecule has 23 heavy (non-hydrogen) atoms. The largest absolute Gasteiger partial charge is 0.449 e. The Labute approximate surface area is 135 Å². The zero-order chi connectivity index (χ0) is 17.2. The molecule has 0 fully saturated rings. The lowest BCUT2D eigenvalue weighted by atomic mass is 10.1. The van der Waals surface area contributed by atoms with Gasteiger partial charge in [-0.3, -0.25) is 15.4 Å². The van der Waals surface area contributed by atoms with Crippen LogP contribution in [0, 0.1) is 10.8 Å². The molecule has 122 valence electrons. The van der Waals surface area contributed by atoms with Crippen LogP contribution >= 0.6 is 11.9 Å². The molecule has 1 aromatic heterocycles. The van der Waals surface area contributed by atoms with Crippen LogP contribution in [-0.4, -0.2) is 29.9 Å². The summed E-state index contributed by atoms with van der Waals surface area (Å²) in [5, 5.41) is 14.8. The third-order valence-corrected chi connectivity index (χ3v) is 4.05. The first-order valence-electron chi connectivity index (χ1n) is 6.55. The Bertz CT molecular complexity index is 766. The van der Waals surface area contributed by atoms with Gasteiger partial charge in [0, 0.05) is 25.2 Å². The van der Waals surface area contributed by atoms with Crippen molar-refractivity contribution >= 4 is 23.5 Å². The zero-order valence-electron chi connectivity index (χ0n) is 12.5. The van der Waals surface area contributed by atoms with E-state index in [1.54, 1.807) is 30.1 Å². The predicted molar refractivity (Wildman–Crippen MR) is 86.8 cm³/mol. The molecule has 0 saturated carbocycles. The second-order valence-corrected chi connectivity index (χ2v) is 5.66. The Morgan fingerprint density at radius 1 is 1.09 bits per heavy atom. The fourth-order valence-corrected chi connectivity index (χ4v) is 2.29. The lowest BCUT2D eigenvalue weighted by molar-refractivity contribution is -0.0626. The molecule has 1 aromatic carbocycles. The Balaban J connectivity index is 2.42. The van der Waals surface area contributed by atoms with E-state index in [4.69, 9.17) is 10.8 Å². The quantitative estimate of drug-likeness (QED) is 0.508. The second kappa shape index (κ2) is 6.49. The van der Waals surface area contributed by atoms with E-state index in [1.165, 1.54) is 6.07 Å². The fraction of sp³-hybridized carbons (Fsp3) is 0.200. The van der Waals surface area contributed by atoms with Gasteiger partial charge in [0.1, 0.15) is 5.49 Å². The van der Waals surface area contributed by atoms with E-state index in [2.05, 4.69) is 0 Å². The average molecular weight is 340 g/mol. The normalized spacial score (nSPS) is 11.3. The Kier molecular flexibility index (Phi) is 4.84. The van der Waals surface area contributed by atoms with Gasteiger partial charge >= 0.3 is 6.18 Å². The highest BCUT2D eigenvalue weighted by Gasteiger charge is 2.36. The molecule has 0 saturated heterocycles. The Morgan fingerprint density at radius 3 is 2.17 bits per heavy atom. The molecular formula is C15H15F3N4S. The number of nitrogens with zero attached hydrogens (tertiary/aromatic N) is 2. The minimum Gasteiger partial charge on any atom is -0.320 e. The van der Waals surface area contributed by atoms with Crippen molar-refractivity contribution in [2.24, 2.45) is 0 Å². The SMILES string of the molecule is CSN(C)c1ccc(-c2ccc(=N)n(C(=N)C(F)(F)F)c2)cc1. The highest BCUT2D eigenvalue weighted by Crippen LogP contribution is 2.25. The Morgan fingerprint density at radius 2 is 1.65 bits per heavy atom. The molecule has 0 aliphatic heterocycles. The van der Waals surface area contributed by atoms with Crippen LogP contribution in [0.2, 0.25) is 0 Å². The molecule has 4 nitrogen and oxygen atoms in total. The van der Waals surface area contributed by atoms with E-state index >= 15 is 0 Å². The third-order valence-electron chi connectivity index (χ3n) is 3.30.